The maximum absolute atomic E-state index is 6.53. The second-order valence-corrected chi connectivity index (χ2v) is 9.42. The van der Waals surface area contributed by atoms with Crippen LogP contribution >= 0.6 is 11.6 Å². The first-order valence-corrected chi connectivity index (χ1v) is 12.0. The predicted molar refractivity (Wildman–Crippen MR) is 138 cm³/mol. The van der Waals surface area contributed by atoms with Crippen LogP contribution < -0.4 is 10.1 Å². The molecule has 0 bridgehead atoms. The molecular formula is C29H32ClNO3. The van der Waals surface area contributed by atoms with E-state index in [1.54, 1.807) is 0 Å². The van der Waals surface area contributed by atoms with Crippen molar-refractivity contribution in [3.05, 3.63) is 107 Å². The van der Waals surface area contributed by atoms with Gasteiger partial charge in [-0.25, -0.2) is 0 Å². The molecule has 1 N–H and O–H groups in total. The van der Waals surface area contributed by atoms with Crippen molar-refractivity contribution in [2.75, 3.05) is 11.9 Å². The van der Waals surface area contributed by atoms with E-state index in [-0.39, 0.29) is 12.2 Å². The summed E-state index contributed by atoms with van der Waals surface area (Å²) >= 11 is 6.14. The van der Waals surface area contributed by atoms with Crippen molar-refractivity contribution in [2.24, 2.45) is 0 Å². The summed E-state index contributed by atoms with van der Waals surface area (Å²) < 4.78 is 19.2. The third kappa shape index (κ3) is 6.01. The number of hydrogen-bond donors (Lipinski definition) is 1. The number of ether oxygens (including phenoxy) is 3. The van der Waals surface area contributed by atoms with E-state index in [0.717, 1.165) is 33.1 Å². The number of hydrogen-bond acceptors (Lipinski definition) is 4. The van der Waals surface area contributed by atoms with E-state index in [4.69, 9.17) is 25.8 Å². The molecule has 4 rings (SSSR count). The highest BCUT2D eigenvalue weighted by Crippen LogP contribution is 2.44. The number of benzene rings is 3. The zero-order valence-corrected chi connectivity index (χ0v) is 20.7. The van der Waals surface area contributed by atoms with Gasteiger partial charge in [-0.2, -0.15) is 0 Å². The molecule has 1 aliphatic rings. The van der Waals surface area contributed by atoms with Crippen molar-refractivity contribution in [3.63, 3.8) is 0 Å². The lowest BCUT2D eigenvalue weighted by molar-refractivity contribution is -0.161. The Morgan fingerprint density at radius 1 is 0.971 bits per heavy atom. The summed E-state index contributed by atoms with van der Waals surface area (Å²) in [6.07, 6.45) is 3.44. The molecule has 0 spiro atoms. The molecule has 3 aromatic rings. The minimum Gasteiger partial charge on any atom is -0.485 e. The van der Waals surface area contributed by atoms with Crippen LogP contribution in [0.2, 0.25) is 5.02 Å². The average molecular weight is 478 g/mol. The molecule has 0 aromatic heterocycles. The van der Waals surface area contributed by atoms with Gasteiger partial charge < -0.3 is 19.5 Å². The predicted octanol–water partition coefficient (Wildman–Crippen LogP) is 7.34. The Bertz CT molecular complexity index is 1110. The van der Waals surface area contributed by atoms with Crippen LogP contribution in [0.5, 0.6) is 5.75 Å². The lowest BCUT2D eigenvalue weighted by atomic mass is 9.87. The highest BCUT2D eigenvalue weighted by molar-refractivity contribution is 6.30. The number of rotatable bonds is 9. The third-order valence-electron chi connectivity index (χ3n) is 5.92. The zero-order valence-electron chi connectivity index (χ0n) is 20.0. The van der Waals surface area contributed by atoms with Gasteiger partial charge in [0.05, 0.1) is 13.2 Å². The maximum atomic E-state index is 6.53. The Morgan fingerprint density at radius 3 is 2.53 bits per heavy atom. The molecule has 0 saturated carbocycles. The lowest BCUT2D eigenvalue weighted by Gasteiger charge is -2.44. The number of halogens is 1. The molecule has 0 fully saturated rings. The molecule has 0 amide bonds. The summed E-state index contributed by atoms with van der Waals surface area (Å²) in [5, 5.41) is 4.23. The Hall–Kier alpha value is -2.79. The first-order valence-electron chi connectivity index (χ1n) is 11.7. The van der Waals surface area contributed by atoms with Crippen LogP contribution in [0.3, 0.4) is 0 Å². The largest absolute Gasteiger partial charge is 0.485 e. The Labute approximate surface area is 207 Å². The molecule has 2 atom stereocenters. The van der Waals surface area contributed by atoms with Crippen LogP contribution in [-0.2, 0) is 22.6 Å². The third-order valence-corrected chi connectivity index (χ3v) is 6.15. The number of fused-ring (bicyclic) bond motifs is 1. The second-order valence-electron chi connectivity index (χ2n) is 8.98. The van der Waals surface area contributed by atoms with Crippen LogP contribution in [0.25, 0.3) is 0 Å². The fourth-order valence-corrected chi connectivity index (χ4v) is 4.39. The van der Waals surface area contributed by atoms with Crippen molar-refractivity contribution in [2.45, 2.75) is 51.7 Å². The number of anilines is 1. The first-order chi connectivity index (χ1) is 16.5. The minimum absolute atomic E-state index is 0.275. The minimum atomic E-state index is -0.550. The quantitative estimate of drug-likeness (QED) is 0.327. The first kappa shape index (κ1) is 24.3. The lowest BCUT2D eigenvalue weighted by Crippen LogP contribution is -2.51. The van der Waals surface area contributed by atoms with E-state index in [1.807, 2.05) is 67.6 Å². The smallest absolute Gasteiger partial charge is 0.132 e. The van der Waals surface area contributed by atoms with Gasteiger partial charge in [-0.3, -0.25) is 0 Å². The van der Waals surface area contributed by atoms with Crippen LogP contribution in [0.15, 0.2) is 84.9 Å². The van der Waals surface area contributed by atoms with Gasteiger partial charge in [0.25, 0.3) is 0 Å². The number of nitrogens with one attached hydrogen (secondary N) is 1. The van der Waals surface area contributed by atoms with E-state index >= 15 is 0 Å². The summed E-state index contributed by atoms with van der Waals surface area (Å²) in [6, 6.07) is 24.2. The SMILES string of the molecule is C/C=C/COC1C(OCc2ccccc2)c2cc(NCc3cccc(Cl)c3)ccc2OC1(C)C. The fraction of sp³-hybridized carbons (Fsp3) is 0.310. The van der Waals surface area contributed by atoms with Crippen molar-refractivity contribution < 1.29 is 14.2 Å². The van der Waals surface area contributed by atoms with Gasteiger partial charge in [0, 0.05) is 22.8 Å². The summed E-state index contributed by atoms with van der Waals surface area (Å²) in [6.45, 7) is 7.76. The standard InChI is InChI=1S/C29H32ClNO3/c1-4-5-16-32-28-27(33-20-21-10-7-6-8-11-21)25-18-24(14-15-26(25)34-29(28,2)3)31-19-22-12-9-13-23(30)17-22/h4-15,17-18,27-28,31H,16,19-20H2,1-3H3/b5-4+. The van der Waals surface area contributed by atoms with Crippen molar-refractivity contribution in [1.82, 2.24) is 0 Å². The fourth-order valence-electron chi connectivity index (χ4n) is 4.17. The monoisotopic (exact) mass is 477 g/mol. The van der Waals surface area contributed by atoms with Gasteiger partial charge in [0.15, 0.2) is 0 Å². The molecule has 0 saturated heterocycles. The topological polar surface area (TPSA) is 39.7 Å². The zero-order chi connectivity index (χ0) is 24.0. The van der Waals surface area contributed by atoms with Gasteiger partial charge >= 0.3 is 0 Å². The maximum Gasteiger partial charge on any atom is 0.132 e. The van der Waals surface area contributed by atoms with E-state index in [9.17, 15) is 0 Å². The van der Waals surface area contributed by atoms with Crippen LogP contribution in [0, 0.1) is 0 Å². The molecule has 1 heterocycles. The molecule has 5 heteroatoms. The van der Waals surface area contributed by atoms with Gasteiger partial charge in [0.2, 0.25) is 0 Å². The molecule has 0 radical (unpaired) electrons. The van der Waals surface area contributed by atoms with E-state index in [2.05, 4.69) is 43.4 Å². The molecule has 1 aliphatic heterocycles. The summed E-state index contributed by atoms with van der Waals surface area (Å²) in [4.78, 5) is 0. The van der Waals surface area contributed by atoms with Crippen LogP contribution in [0.1, 0.15) is 43.6 Å². The van der Waals surface area contributed by atoms with Gasteiger partial charge in [-0.15, -0.1) is 0 Å². The van der Waals surface area contributed by atoms with E-state index < -0.39 is 5.60 Å². The highest BCUT2D eigenvalue weighted by atomic mass is 35.5. The number of allylic oxidation sites excluding steroid dienone is 1. The molecule has 178 valence electrons. The van der Waals surface area contributed by atoms with Gasteiger partial charge in [-0.05, 0) is 62.2 Å². The molecule has 3 aromatic carbocycles. The van der Waals surface area contributed by atoms with Crippen molar-refractivity contribution in [3.8, 4) is 5.75 Å². The Morgan fingerprint density at radius 2 is 1.76 bits per heavy atom. The summed E-state index contributed by atoms with van der Waals surface area (Å²) in [7, 11) is 0. The van der Waals surface area contributed by atoms with Crippen LogP contribution in [0.4, 0.5) is 5.69 Å². The normalized spacial score (nSPS) is 18.9. The second kappa shape index (κ2) is 11.1. The van der Waals surface area contributed by atoms with Crippen molar-refractivity contribution in [1.29, 1.82) is 0 Å². The molecule has 4 nitrogen and oxygen atoms in total. The molecule has 2 unspecified atom stereocenters. The van der Waals surface area contributed by atoms with Crippen LogP contribution in [-0.4, -0.2) is 18.3 Å². The molecule has 34 heavy (non-hydrogen) atoms. The van der Waals surface area contributed by atoms with E-state index in [0.29, 0.717) is 19.8 Å². The summed E-state index contributed by atoms with van der Waals surface area (Å²) in [5.41, 5.74) is 3.66. The summed E-state index contributed by atoms with van der Waals surface area (Å²) in [5.74, 6) is 0.822. The van der Waals surface area contributed by atoms with Crippen molar-refractivity contribution >= 4 is 17.3 Å². The average Bonchev–Trinajstić information content (AvgIpc) is 2.83. The molecule has 0 aliphatic carbocycles. The Kier molecular flexibility index (Phi) is 7.94. The molecular weight excluding hydrogens is 446 g/mol. The highest BCUT2D eigenvalue weighted by Gasteiger charge is 2.45. The van der Waals surface area contributed by atoms with E-state index in [1.165, 1.54) is 0 Å². The van der Waals surface area contributed by atoms with Gasteiger partial charge in [-0.1, -0.05) is 66.2 Å². The Balaban J connectivity index is 1.60. The van der Waals surface area contributed by atoms with Gasteiger partial charge in [0.1, 0.15) is 23.6 Å².